The maximum Gasteiger partial charge on any atom is 0.260 e. The van der Waals surface area contributed by atoms with E-state index in [1.165, 1.54) is 5.56 Å². The number of fused-ring (bicyclic) bond motifs is 5. The first-order valence-corrected chi connectivity index (χ1v) is 9.18. The molecule has 0 saturated carbocycles. The number of hydrogen-bond acceptors (Lipinski definition) is 4. The van der Waals surface area contributed by atoms with Gasteiger partial charge in [0.25, 0.3) is 5.91 Å². The number of halogens is 2. The fraction of sp³-hybridized carbons (Fsp3) is 0.150. The lowest BCUT2D eigenvalue weighted by Crippen LogP contribution is -2.13. The number of aromatic nitrogens is 2. The third kappa shape index (κ3) is 2.42. The van der Waals surface area contributed by atoms with Crippen molar-refractivity contribution in [3.63, 3.8) is 0 Å². The van der Waals surface area contributed by atoms with Gasteiger partial charge >= 0.3 is 0 Å². The molecule has 1 aliphatic carbocycles. The van der Waals surface area contributed by atoms with Crippen LogP contribution in [0.3, 0.4) is 0 Å². The maximum atomic E-state index is 13.1. The summed E-state index contributed by atoms with van der Waals surface area (Å²) in [6.45, 7) is 3.93. The molecule has 3 aromatic heterocycles. The van der Waals surface area contributed by atoms with E-state index in [2.05, 4.69) is 22.2 Å². The van der Waals surface area contributed by atoms with Crippen LogP contribution in [0.1, 0.15) is 40.2 Å². The van der Waals surface area contributed by atoms with Crippen LogP contribution in [0, 0.1) is 6.92 Å². The summed E-state index contributed by atoms with van der Waals surface area (Å²) in [5, 5.41) is 3.69. The van der Waals surface area contributed by atoms with Crippen LogP contribution in [0.5, 0.6) is 0 Å². The normalized spacial score (nSPS) is 15.2. The Balaban J connectivity index is 1.61. The predicted molar refractivity (Wildman–Crippen MR) is 105 cm³/mol. The van der Waals surface area contributed by atoms with E-state index in [1.54, 1.807) is 30.6 Å². The largest absolute Gasteiger partial charge is 0.455 e. The number of benzene rings is 2. The second kappa shape index (κ2) is 5.68. The van der Waals surface area contributed by atoms with Gasteiger partial charge in [0.05, 0.1) is 15.6 Å². The summed E-state index contributed by atoms with van der Waals surface area (Å²) in [6.07, 6.45) is 3.43. The van der Waals surface area contributed by atoms with Gasteiger partial charge < -0.3 is 9.73 Å². The van der Waals surface area contributed by atoms with E-state index in [-0.39, 0.29) is 5.91 Å². The third-order valence-electron chi connectivity index (χ3n) is 4.94. The van der Waals surface area contributed by atoms with Gasteiger partial charge in [0.15, 0.2) is 0 Å². The van der Waals surface area contributed by atoms with Crippen LogP contribution >= 0.6 is 23.2 Å². The van der Waals surface area contributed by atoms with E-state index < -0.39 is 0 Å². The minimum Gasteiger partial charge on any atom is -0.455 e. The van der Waals surface area contributed by atoms with Crippen molar-refractivity contribution in [1.29, 1.82) is 0 Å². The highest BCUT2D eigenvalue weighted by Gasteiger charge is 2.44. The van der Waals surface area contributed by atoms with Crippen LogP contribution in [0.25, 0.3) is 22.3 Å². The van der Waals surface area contributed by atoms with Crippen LogP contribution in [-0.2, 0) is 0 Å². The van der Waals surface area contributed by atoms with E-state index >= 15 is 0 Å². The first-order chi connectivity index (χ1) is 13.0. The van der Waals surface area contributed by atoms with Gasteiger partial charge in [0.2, 0.25) is 0 Å². The zero-order chi connectivity index (χ0) is 18.9. The maximum absolute atomic E-state index is 13.1. The van der Waals surface area contributed by atoms with E-state index in [0.717, 1.165) is 22.3 Å². The number of nitrogens with zero attached hydrogens (tertiary/aromatic N) is 2. The molecule has 3 heterocycles. The second-order valence-electron chi connectivity index (χ2n) is 6.66. The molecule has 0 aliphatic heterocycles. The highest BCUT2D eigenvalue weighted by Crippen LogP contribution is 2.57. The van der Waals surface area contributed by atoms with Gasteiger partial charge in [-0.15, -0.1) is 0 Å². The van der Waals surface area contributed by atoms with Gasteiger partial charge in [0, 0.05) is 46.3 Å². The first-order valence-electron chi connectivity index (χ1n) is 8.42. The molecule has 1 amide bonds. The Hall–Kier alpha value is -2.63. The second-order valence-corrected chi connectivity index (χ2v) is 7.48. The highest BCUT2D eigenvalue weighted by molar-refractivity contribution is 6.42. The Bertz CT molecular complexity index is 1210. The van der Waals surface area contributed by atoms with Gasteiger partial charge in [-0.25, -0.2) is 9.97 Å². The van der Waals surface area contributed by atoms with Gasteiger partial charge in [-0.1, -0.05) is 30.1 Å². The highest BCUT2D eigenvalue weighted by atomic mass is 35.5. The lowest BCUT2D eigenvalue weighted by Gasteiger charge is -2.08. The van der Waals surface area contributed by atoms with E-state index in [0.29, 0.717) is 38.6 Å². The molecule has 1 aliphatic rings. The number of furan rings is 2. The number of carbonyl (C=O) groups excluding carboxylic acids is 1. The molecule has 0 fully saturated rings. The van der Waals surface area contributed by atoms with Gasteiger partial charge in [0.1, 0.15) is 17.0 Å². The number of anilines is 1. The van der Waals surface area contributed by atoms with Crippen molar-refractivity contribution in [2.75, 3.05) is 5.32 Å². The molecule has 0 radical (unpaired) electrons. The minimum atomic E-state index is -0.264. The minimum absolute atomic E-state index is 0.264. The topological polar surface area (TPSA) is 68.0 Å². The number of carbonyl (C=O) groups is 1. The molecule has 2 bridgehead atoms. The van der Waals surface area contributed by atoms with Gasteiger partial charge in [-0.3, -0.25) is 4.79 Å². The molecule has 0 unspecified atom stereocenters. The molecule has 5 rings (SSSR count). The van der Waals surface area contributed by atoms with Crippen molar-refractivity contribution in [3.8, 4) is 11.1 Å². The van der Waals surface area contributed by atoms with Crippen molar-refractivity contribution in [3.05, 3.63) is 63.2 Å². The Labute approximate surface area is 164 Å². The van der Waals surface area contributed by atoms with Gasteiger partial charge in [-0.05, 0) is 25.1 Å². The smallest absolute Gasteiger partial charge is 0.260 e. The van der Waals surface area contributed by atoms with E-state index in [4.69, 9.17) is 27.6 Å². The zero-order valence-corrected chi connectivity index (χ0v) is 15.9. The van der Waals surface area contributed by atoms with Crippen molar-refractivity contribution in [2.45, 2.75) is 19.8 Å². The Morgan fingerprint density at radius 2 is 1.81 bits per heavy atom. The van der Waals surface area contributed by atoms with Crippen LogP contribution in [0.15, 0.2) is 35.0 Å². The summed E-state index contributed by atoms with van der Waals surface area (Å²) in [6, 6.07) is 4.97. The monoisotopic (exact) mass is 397 g/mol. The van der Waals surface area contributed by atoms with Gasteiger partial charge in [-0.2, -0.15) is 0 Å². The molecule has 1 N–H and O–H groups in total. The molecule has 5 nitrogen and oxygen atoms in total. The van der Waals surface area contributed by atoms with Crippen molar-refractivity contribution in [2.24, 2.45) is 0 Å². The first kappa shape index (κ1) is 16.5. The molecule has 4 aromatic rings. The molecular weight excluding hydrogens is 385 g/mol. The van der Waals surface area contributed by atoms with Crippen molar-refractivity contribution in [1.82, 2.24) is 9.97 Å². The summed E-state index contributed by atoms with van der Waals surface area (Å²) in [4.78, 5) is 21.6. The Kier molecular flexibility index (Phi) is 3.48. The summed E-state index contributed by atoms with van der Waals surface area (Å²) >= 11 is 12.0. The van der Waals surface area contributed by atoms with Crippen LogP contribution in [0.4, 0.5) is 5.69 Å². The molecular formula is C20H13Cl2N3O2. The molecule has 7 heteroatoms. The molecule has 0 spiro atoms. The lowest BCUT2D eigenvalue weighted by molar-refractivity contribution is 0.102. The summed E-state index contributed by atoms with van der Waals surface area (Å²) in [7, 11) is 0. The molecule has 1 atom stereocenters. The number of amides is 1. The predicted octanol–water partition coefficient (Wildman–Crippen LogP) is 5.66. The average Bonchev–Trinajstić information content (AvgIpc) is 3.01. The fourth-order valence-corrected chi connectivity index (χ4v) is 3.86. The van der Waals surface area contributed by atoms with Crippen molar-refractivity contribution >= 4 is 46.0 Å². The third-order valence-corrected chi connectivity index (χ3v) is 5.68. The number of hydrogen-bond donors (Lipinski definition) is 1. The van der Waals surface area contributed by atoms with Crippen LogP contribution in [0.2, 0.25) is 10.0 Å². The number of rotatable bonds is 3. The Morgan fingerprint density at radius 1 is 1.11 bits per heavy atom. The lowest BCUT2D eigenvalue weighted by atomic mass is 10.0. The molecule has 0 saturated heterocycles. The SMILES string of the molecule is Cc1ncc(-c2c(C(=O)Nc3ccc(Cl)c(Cl)c3)c3oc2c2c3[C@@H]2C)cn1. The quantitative estimate of drug-likeness (QED) is 0.484. The zero-order valence-electron chi connectivity index (χ0n) is 14.4. The summed E-state index contributed by atoms with van der Waals surface area (Å²) < 4.78 is 5.94. The molecule has 27 heavy (non-hydrogen) atoms. The standard InChI is InChI=1S/C20H13Cl2N3O2/c1-8-14-15(8)19-17(20(26)25-11-3-4-12(21)13(22)5-11)16(18(14)27-19)10-6-23-9(2)24-7-10/h3-8H,1-2H3,(H,25,26)/t8-/m1/s1. The van der Waals surface area contributed by atoms with E-state index in [1.807, 2.05) is 6.92 Å². The summed E-state index contributed by atoms with van der Waals surface area (Å²) in [5.41, 5.74) is 6.24. The number of nitrogens with one attached hydrogen (secondary N) is 1. The van der Waals surface area contributed by atoms with Crippen LogP contribution in [-0.4, -0.2) is 15.9 Å². The molecule has 134 valence electrons. The Morgan fingerprint density at radius 3 is 2.52 bits per heavy atom. The fourth-order valence-electron chi connectivity index (χ4n) is 3.57. The van der Waals surface area contributed by atoms with Crippen LogP contribution < -0.4 is 5.32 Å². The summed E-state index contributed by atoms with van der Waals surface area (Å²) in [5.74, 6) is 0.725. The average molecular weight is 398 g/mol. The number of aryl methyl sites for hydroxylation is 1. The van der Waals surface area contributed by atoms with Crippen molar-refractivity contribution < 1.29 is 9.21 Å². The van der Waals surface area contributed by atoms with E-state index in [9.17, 15) is 4.79 Å². The molecule has 1 aromatic carbocycles.